The number of anilines is 1. The summed E-state index contributed by atoms with van der Waals surface area (Å²) in [6.45, 7) is 7.68. The molecule has 0 unspecified atom stereocenters. The molecule has 2 N–H and O–H groups in total. The molecule has 0 aliphatic rings. The zero-order valence-electron chi connectivity index (χ0n) is 11.9. The quantitative estimate of drug-likeness (QED) is 0.755. The average Bonchev–Trinajstić information content (AvgIpc) is 2.41. The Balaban J connectivity index is 2.45. The summed E-state index contributed by atoms with van der Waals surface area (Å²) >= 11 is 0. The number of hydrogen-bond donors (Lipinski definition) is 2. The molecule has 0 atom stereocenters. The molecule has 1 aromatic rings. The predicted octanol–water partition coefficient (Wildman–Crippen LogP) is 2.05. The van der Waals surface area contributed by atoms with E-state index in [1.807, 2.05) is 19.1 Å². The highest BCUT2D eigenvalue weighted by Crippen LogP contribution is 2.20. The highest BCUT2D eigenvalue weighted by molar-refractivity contribution is 5.80. The SMILES string of the molecule is CCCOc1cccnc1NCC(=O)NCC(C)C. The standard InChI is InChI=1S/C14H23N3O2/c1-4-8-19-12-6-5-7-15-14(12)17-10-13(18)16-9-11(2)3/h5-7,11H,4,8-10H2,1-3H3,(H,15,17)(H,16,18). The van der Waals surface area contributed by atoms with Gasteiger partial charge in [-0.2, -0.15) is 0 Å². The lowest BCUT2D eigenvalue weighted by molar-refractivity contribution is -0.119. The Morgan fingerprint density at radius 1 is 1.47 bits per heavy atom. The molecule has 19 heavy (non-hydrogen) atoms. The molecule has 1 rings (SSSR count). The van der Waals surface area contributed by atoms with E-state index in [4.69, 9.17) is 4.74 Å². The lowest BCUT2D eigenvalue weighted by Crippen LogP contribution is -2.32. The fourth-order valence-electron chi connectivity index (χ4n) is 1.40. The Labute approximate surface area is 114 Å². The summed E-state index contributed by atoms with van der Waals surface area (Å²) in [5, 5.41) is 5.84. The van der Waals surface area contributed by atoms with Crippen molar-refractivity contribution in [3.63, 3.8) is 0 Å². The van der Waals surface area contributed by atoms with Gasteiger partial charge in [0.1, 0.15) is 0 Å². The number of pyridine rings is 1. The van der Waals surface area contributed by atoms with Crippen LogP contribution in [0.25, 0.3) is 0 Å². The Bertz CT molecular complexity index is 394. The average molecular weight is 265 g/mol. The van der Waals surface area contributed by atoms with E-state index in [0.29, 0.717) is 30.6 Å². The van der Waals surface area contributed by atoms with Crippen molar-refractivity contribution in [1.82, 2.24) is 10.3 Å². The third kappa shape index (κ3) is 6.08. The van der Waals surface area contributed by atoms with Crippen molar-refractivity contribution in [3.05, 3.63) is 18.3 Å². The van der Waals surface area contributed by atoms with Crippen LogP contribution in [0.5, 0.6) is 5.75 Å². The highest BCUT2D eigenvalue weighted by Gasteiger charge is 2.07. The summed E-state index contributed by atoms with van der Waals surface area (Å²) in [5.74, 6) is 1.69. The van der Waals surface area contributed by atoms with Crippen LogP contribution in [0.15, 0.2) is 18.3 Å². The smallest absolute Gasteiger partial charge is 0.239 e. The molecular formula is C14H23N3O2. The first-order valence-corrected chi connectivity index (χ1v) is 6.71. The number of ether oxygens (including phenoxy) is 1. The number of amides is 1. The number of carbonyl (C=O) groups excluding carboxylic acids is 1. The normalized spacial score (nSPS) is 10.3. The van der Waals surface area contributed by atoms with Crippen LogP contribution in [0.4, 0.5) is 5.82 Å². The summed E-state index contributed by atoms with van der Waals surface area (Å²) in [4.78, 5) is 15.8. The second-order valence-electron chi connectivity index (χ2n) is 4.75. The van der Waals surface area contributed by atoms with Gasteiger partial charge in [-0.15, -0.1) is 0 Å². The fraction of sp³-hybridized carbons (Fsp3) is 0.571. The molecule has 1 aromatic heterocycles. The van der Waals surface area contributed by atoms with Crippen molar-refractivity contribution in [1.29, 1.82) is 0 Å². The fourth-order valence-corrected chi connectivity index (χ4v) is 1.40. The van der Waals surface area contributed by atoms with Crippen LogP contribution >= 0.6 is 0 Å². The van der Waals surface area contributed by atoms with Crippen molar-refractivity contribution in [2.45, 2.75) is 27.2 Å². The Kier molecular flexibility index (Phi) is 6.71. The zero-order chi connectivity index (χ0) is 14.1. The van der Waals surface area contributed by atoms with Crippen molar-refractivity contribution in [3.8, 4) is 5.75 Å². The molecule has 106 valence electrons. The molecule has 0 fully saturated rings. The van der Waals surface area contributed by atoms with Gasteiger partial charge in [0, 0.05) is 12.7 Å². The highest BCUT2D eigenvalue weighted by atomic mass is 16.5. The Morgan fingerprint density at radius 3 is 2.95 bits per heavy atom. The molecule has 0 bridgehead atoms. The first kappa shape index (κ1) is 15.3. The Morgan fingerprint density at radius 2 is 2.26 bits per heavy atom. The maximum absolute atomic E-state index is 11.6. The van der Waals surface area contributed by atoms with E-state index in [9.17, 15) is 4.79 Å². The molecule has 1 heterocycles. The van der Waals surface area contributed by atoms with Crippen LogP contribution in [0, 0.1) is 5.92 Å². The van der Waals surface area contributed by atoms with Gasteiger partial charge >= 0.3 is 0 Å². The largest absolute Gasteiger partial charge is 0.490 e. The molecule has 0 aromatic carbocycles. The first-order valence-electron chi connectivity index (χ1n) is 6.71. The van der Waals surface area contributed by atoms with Gasteiger partial charge in [-0.1, -0.05) is 20.8 Å². The van der Waals surface area contributed by atoms with Gasteiger partial charge < -0.3 is 15.4 Å². The van der Waals surface area contributed by atoms with Gasteiger partial charge in [0.15, 0.2) is 11.6 Å². The summed E-state index contributed by atoms with van der Waals surface area (Å²) < 4.78 is 5.56. The lowest BCUT2D eigenvalue weighted by Gasteiger charge is -2.12. The van der Waals surface area contributed by atoms with Crippen molar-refractivity contribution in [2.24, 2.45) is 5.92 Å². The van der Waals surface area contributed by atoms with Gasteiger partial charge in [-0.3, -0.25) is 4.79 Å². The summed E-state index contributed by atoms with van der Waals surface area (Å²) in [6.07, 6.45) is 2.61. The van der Waals surface area contributed by atoms with Crippen LogP contribution in [-0.2, 0) is 4.79 Å². The van der Waals surface area contributed by atoms with Gasteiger partial charge in [-0.05, 0) is 24.5 Å². The van der Waals surface area contributed by atoms with Crippen molar-refractivity contribution >= 4 is 11.7 Å². The van der Waals surface area contributed by atoms with E-state index < -0.39 is 0 Å². The van der Waals surface area contributed by atoms with Gasteiger partial charge in [-0.25, -0.2) is 4.98 Å². The van der Waals surface area contributed by atoms with Crippen LogP contribution < -0.4 is 15.4 Å². The van der Waals surface area contributed by atoms with Gasteiger partial charge in [0.25, 0.3) is 0 Å². The molecule has 0 spiro atoms. The maximum Gasteiger partial charge on any atom is 0.239 e. The number of rotatable bonds is 8. The van der Waals surface area contributed by atoms with Gasteiger partial charge in [0.2, 0.25) is 5.91 Å². The number of hydrogen-bond acceptors (Lipinski definition) is 4. The monoisotopic (exact) mass is 265 g/mol. The van der Waals surface area contributed by atoms with E-state index in [-0.39, 0.29) is 12.5 Å². The van der Waals surface area contributed by atoms with Crippen molar-refractivity contribution < 1.29 is 9.53 Å². The molecular weight excluding hydrogens is 242 g/mol. The van der Waals surface area contributed by atoms with Crippen LogP contribution in [0.2, 0.25) is 0 Å². The van der Waals surface area contributed by atoms with E-state index in [2.05, 4.69) is 29.5 Å². The van der Waals surface area contributed by atoms with Gasteiger partial charge in [0.05, 0.1) is 13.2 Å². The second kappa shape index (κ2) is 8.34. The minimum atomic E-state index is -0.0409. The van der Waals surface area contributed by atoms with Crippen LogP contribution in [0.3, 0.4) is 0 Å². The molecule has 5 nitrogen and oxygen atoms in total. The van der Waals surface area contributed by atoms with Crippen LogP contribution in [0.1, 0.15) is 27.2 Å². The number of carbonyl (C=O) groups is 1. The third-order valence-corrected chi connectivity index (χ3v) is 2.36. The molecule has 0 aliphatic carbocycles. The first-order chi connectivity index (χ1) is 9.13. The molecule has 0 saturated carbocycles. The summed E-state index contributed by atoms with van der Waals surface area (Å²) in [5.41, 5.74) is 0. The topological polar surface area (TPSA) is 63.2 Å². The third-order valence-electron chi connectivity index (χ3n) is 2.36. The number of nitrogens with one attached hydrogen (secondary N) is 2. The predicted molar refractivity (Wildman–Crippen MR) is 76.4 cm³/mol. The van der Waals surface area contributed by atoms with E-state index >= 15 is 0 Å². The lowest BCUT2D eigenvalue weighted by atomic mass is 10.2. The molecule has 0 aliphatic heterocycles. The van der Waals surface area contributed by atoms with Crippen molar-refractivity contribution in [2.75, 3.05) is 25.0 Å². The minimum absolute atomic E-state index is 0.0409. The van der Waals surface area contributed by atoms with Crippen LogP contribution in [-0.4, -0.2) is 30.6 Å². The summed E-state index contributed by atoms with van der Waals surface area (Å²) in [6, 6.07) is 3.66. The summed E-state index contributed by atoms with van der Waals surface area (Å²) in [7, 11) is 0. The Hall–Kier alpha value is -1.78. The number of nitrogens with zero attached hydrogens (tertiary/aromatic N) is 1. The molecule has 0 radical (unpaired) electrons. The molecule has 1 amide bonds. The van der Waals surface area contributed by atoms with E-state index in [1.165, 1.54) is 0 Å². The minimum Gasteiger partial charge on any atom is -0.490 e. The molecule has 5 heteroatoms. The molecule has 0 saturated heterocycles. The van der Waals surface area contributed by atoms with E-state index in [0.717, 1.165) is 6.42 Å². The van der Waals surface area contributed by atoms with E-state index in [1.54, 1.807) is 6.20 Å². The maximum atomic E-state index is 11.6. The number of aromatic nitrogens is 1. The zero-order valence-corrected chi connectivity index (χ0v) is 11.9. The second-order valence-corrected chi connectivity index (χ2v) is 4.75.